The fraction of sp³-hybridized carbons (Fsp3) is 0.625. The Morgan fingerprint density at radius 1 is 1.46 bits per heavy atom. The molecule has 8 heteroatoms. The molecule has 0 aromatic heterocycles. The van der Waals surface area contributed by atoms with E-state index < -0.39 is 11.8 Å². The number of rotatable bonds is 3. The molecule has 4 N–H and O–H groups in total. The molecule has 0 bridgehead atoms. The highest BCUT2D eigenvalue weighted by atomic mass is 79.9. The number of hydrazine groups is 1. The highest BCUT2D eigenvalue weighted by Crippen LogP contribution is 2.26. The first kappa shape index (κ1) is 18.8. The van der Waals surface area contributed by atoms with Gasteiger partial charge in [-0.2, -0.15) is 0 Å². The zero-order valence-electron chi connectivity index (χ0n) is 14.4. The van der Waals surface area contributed by atoms with Crippen molar-refractivity contribution in [3.8, 4) is 0 Å². The van der Waals surface area contributed by atoms with Gasteiger partial charge in [0.2, 0.25) is 5.88 Å². The van der Waals surface area contributed by atoms with Crippen LogP contribution in [0.1, 0.15) is 40.5 Å². The molecule has 2 aliphatic rings. The highest BCUT2D eigenvalue weighted by Gasteiger charge is 2.34. The van der Waals surface area contributed by atoms with Crippen LogP contribution in [0.25, 0.3) is 0 Å². The molecule has 2 rings (SSSR count). The summed E-state index contributed by atoms with van der Waals surface area (Å²) in [5.41, 5.74) is 5.38. The monoisotopic (exact) mass is 400 g/mol. The van der Waals surface area contributed by atoms with Crippen LogP contribution < -0.4 is 16.2 Å². The lowest BCUT2D eigenvalue weighted by molar-refractivity contribution is -0.131. The lowest BCUT2D eigenvalue weighted by atomic mass is 9.95. The van der Waals surface area contributed by atoms with Gasteiger partial charge in [-0.15, -0.1) is 0 Å². The zero-order valence-corrected chi connectivity index (χ0v) is 16.0. The van der Waals surface area contributed by atoms with Gasteiger partial charge in [0, 0.05) is 18.8 Å². The van der Waals surface area contributed by atoms with Gasteiger partial charge in [0.05, 0.1) is 10.5 Å². The molecule has 1 aliphatic carbocycles. The van der Waals surface area contributed by atoms with Crippen LogP contribution in [0.3, 0.4) is 0 Å². The van der Waals surface area contributed by atoms with E-state index in [4.69, 9.17) is 0 Å². The van der Waals surface area contributed by atoms with Gasteiger partial charge in [-0.3, -0.25) is 14.5 Å². The Hall–Kier alpha value is -1.54. The number of nitrogens with one attached hydrogen (secondary N) is 3. The number of aliphatic hydroxyl groups is 1. The van der Waals surface area contributed by atoms with Crippen LogP contribution in [-0.2, 0) is 9.59 Å². The molecule has 0 aromatic carbocycles. The number of hydrogen-bond donors (Lipinski definition) is 4. The number of hydrogen-bond acceptors (Lipinski definition) is 5. The van der Waals surface area contributed by atoms with E-state index in [1.807, 2.05) is 27.7 Å². The van der Waals surface area contributed by atoms with E-state index in [1.54, 1.807) is 0 Å². The molecule has 24 heavy (non-hydrogen) atoms. The van der Waals surface area contributed by atoms with Crippen molar-refractivity contribution < 1.29 is 14.7 Å². The number of carbonyl (C=O) groups excluding carboxylic acids is 2. The molecule has 1 fully saturated rings. The molecular weight excluding hydrogens is 376 g/mol. The second-order valence-electron chi connectivity index (χ2n) is 7.44. The summed E-state index contributed by atoms with van der Waals surface area (Å²) in [5, 5.41) is 13.4. The molecular formula is C16H25BrN4O3. The van der Waals surface area contributed by atoms with Gasteiger partial charge in [-0.25, -0.2) is 5.43 Å². The van der Waals surface area contributed by atoms with Gasteiger partial charge in [0.15, 0.2) is 0 Å². The van der Waals surface area contributed by atoms with Crippen molar-refractivity contribution >= 4 is 27.7 Å². The zero-order chi connectivity index (χ0) is 18.1. The van der Waals surface area contributed by atoms with E-state index in [9.17, 15) is 14.7 Å². The third-order valence-corrected chi connectivity index (χ3v) is 4.67. The lowest BCUT2D eigenvalue weighted by Crippen LogP contribution is -2.42. The fourth-order valence-corrected chi connectivity index (χ4v) is 2.53. The Morgan fingerprint density at radius 3 is 2.62 bits per heavy atom. The second-order valence-corrected chi connectivity index (χ2v) is 8.29. The van der Waals surface area contributed by atoms with Gasteiger partial charge >= 0.3 is 0 Å². The van der Waals surface area contributed by atoms with E-state index in [0.717, 1.165) is 12.8 Å². The van der Waals surface area contributed by atoms with E-state index in [2.05, 4.69) is 32.1 Å². The minimum Gasteiger partial charge on any atom is -0.494 e. The summed E-state index contributed by atoms with van der Waals surface area (Å²) in [7, 11) is 0. The summed E-state index contributed by atoms with van der Waals surface area (Å²) in [5.74, 6) is -1.17. The third-order valence-electron chi connectivity index (χ3n) is 3.63. The first-order chi connectivity index (χ1) is 11.1. The van der Waals surface area contributed by atoms with Crippen molar-refractivity contribution in [3.05, 3.63) is 22.1 Å². The van der Waals surface area contributed by atoms with Gasteiger partial charge in [-0.1, -0.05) is 20.8 Å². The largest absolute Gasteiger partial charge is 0.494 e. The van der Waals surface area contributed by atoms with Crippen LogP contribution >= 0.6 is 15.9 Å². The molecule has 1 atom stereocenters. The average Bonchev–Trinajstić information content (AvgIpc) is 3.28. The number of halogens is 1. The molecule has 1 heterocycles. The van der Waals surface area contributed by atoms with E-state index in [0.29, 0.717) is 4.48 Å². The average molecular weight is 401 g/mol. The highest BCUT2D eigenvalue weighted by molar-refractivity contribution is 9.11. The Morgan fingerprint density at radius 2 is 2.08 bits per heavy atom. The topological polar surface area (TPSA) is 93.7 Å². The smallest absolute Gasteiger partial charge is 0.267 e. The SMILES string of the molecule is CC1NN/C=C(/C(=O)NC2CC2)C(=O)N(CC(C)(C)C)C(O)=C1Br. The number of aliphatic hydroxyl groups excluding tert-OH is 1. The van der Waals surface area contributed by atoms with Crippen molar-refractivity contribution in [2.24, 2.45) is 5.41 Å². The maximum Gasteiger partial charge on any atom is 0.267 e. The van der Waals surface area contributed by atoms with Crippen molar-refractivity contribution in [2.45, 2.75) is 52.6 Å². The number of carbonyl (C=O) groups is 2. The maximum atomic E-state index is 12.9. The first-order valence-corrected chi connectivity index (χ1v) is 8.82. The summed E-state index contributed by atoms with van der Waals surface area (Å²) in [6, 6.07) is -0.153. The summed E-state index contributed by atoms with van der Waals surface area (Å²) < 4.78 is 0.435. The van der Waals surface area contributed by atoms with Gasteiger partial charge in [0.1, 0.15) is 5.57 Å². The van der Waals surface area contributed by atoms with Crippen LogP contribution in [0.2, 0.25) is 0 Å². The molecule has 2 amide bonds. The minimum absolute atomic E-state index is 0.0420. The predicted octanol–water partition coefficient (Wildman–Crippen LogP) is 1.64. The summed E-state index contributed by atoms with van der Waals surface area (Å²) in [6.07, 6.45) is 3.21. The summed E-state index contributed by atoms with van der Waals surface area (Å²) in [4.78, 5) is 26.6. The van der Waals surface area contributed by atoms with E-state index in [-0.39, 0.29) is 35.5 Å². The Kier molecular flexibility index (Phi) is 5.59. The van der Waals surface area contributed by atoms with Gasteiger partial charge in [-0.05, 0) is 41.1 Å². The number of amides is 2. The van der Waals surface area contributed by atoms with Crippen LogP contribution in [0, 0.1) is 5.41 Å². The predicted molar refractivity (Wildman–Crippen MR) is 94.7 cm³/mol. The molecule has 0 aromatic rings. The first-order valence-electron chi connectivity index (χ1n) is 8.03. The third kappa shape index (κ3) is 4.73. The van der Waals surface area contributed by atoms with Crippen molar-refractivity contribution in [1.82, 2.24) is 21.1 Å². The standard InChI is InChI=1S/C16H25BrN4O3/c1-9-12(17)15(24)21(8-16(2,3)4)14(23)11(7-18-20-9)13(22)19-10-5-6-10/h7,9-10,18,20,24H,5-6,8H2,1-4H3,(H,19,22)/b11-7-,15-12?. The van der Waals surface area contributed by atoms with E-state index >= 15 is 0 Å². The van der Waals surface area contributed by atoms with Crippen LogP contribution in [-0.4, -0.2) is 40.4 Å². The molecule has 134 valence electrons. The van der Waals surface area contributed by atoms with Gasteiger partial charge < -0.3 is 15.8 Å². The van der Waals surface area contributed by atoms with Crippen LogP contribution in [0.5, 0.6) is 0 Å². The second kappa shape index (κ2) is 7.14. The molecule has 0 spiro atoms. The Bertz CT molecular complexity index is 591. The molecule has 1 aliphatic heterocycles. The Balaban J connectivity index is 2.37. The molecule has 0 radical (unpaired) electrons. The Labute approximate surface area is 150 Å². The summed E-state index contributed by atoms with van der Waals surface area (Å²) in [6.45, 7) is 7.97. The molecule has 1 saturated carbocycles. The normalized spacial score (nSPS) is 25.2. The summed E-state index contributed by atoms with van der Waals surface area (Å²) >= 11 is 3.33. The van der Waals surface area contributed by atoms with E-state index in [1.165, 1.54) is 11.1 Å². The van der Waals surface area contributed by atoms with Crippen molar-refractivity contribution in [2.75, 3.05) is 6.54 Å². The fourth-order valence-electron chi connectivity index (χ4n) is 2.20. The quantitative estimate of drug-likeness (QED) is 0.540. The van der Waals surface area contributed by atoms with Gasteiger partial charge in [0.25, 0.3) is 11.8 Å². The van der Waals surface area contributed by atoms with Crippen molar-refractivity contribution in [3.63, 3.8) is 0 Å². The molecule has 7 nitrogen and oxygen atoms in total. The lowest BCUT2D eigenvalue weighted by Gasteiger charge is -2.30. The molecule has 1 unspecified atom stereocenters. The maximum absolute atomic E-state index is 12.9. The molecule has 0 saturated heterocycles. The van der Waals surface area contributed by atoms with Crippen LogP contribution in [0.4, 0.5) is 0 Å². The minimum atomic E-state index is -0.541. The van der Waals surface area contributed by atoms with Crippen LogP contribution in [0.15, 0.2) is 22.1 Å². The number of nitrogens with zero attached hydrogens (tertiary/aromatic N) is 1. The van der Waals surface area contributed by atoms with Crippen molar-refractivity contribution in [1.29, 1.82) is 0 Å².